The summed E-state index contributed by atoms with van der Waals surface area (Å²) in [7, 11) is 2.74. The summed E-state index contributed by atoms with van der Waals surface area (Å²) < 4.78 is 9.72. The van der Waals surface area contributed by atoms with Crippen molar-refractivity contribution >= 4 is 29.2 Å². The molecule has 2 amide bonds. The second-order valence-corrected chi connectivity index (χ2v) is 5.33. The first kappa shape index (κ1) is 15.0. The topological polar surface area (TPSA) is 97.3 Å². The Balaban J connectivity index is 1.88. The zero-order valence-corrected chi connectivity index (χ0v) is 12.7. The Morgan fingerprint density at radius 2 is 2.09 bits per heavy atom. The number of hydrazone groups is 1. The van der Waals surface area contributed by atoms with Crippen LogP contribution in [0.3, 0.4) is 0 Å². The van der Waals surface area contributed by atoms with E-state index in [1.54, 1.807) is 24.3 Å². The van der Waals surface area contributed by atoms with Crippen molar-refractivity contribution in [1.82, 2.24) is 5.43 Å². The maximum Gasteiger partial charge on any atom is 0.354 e. The van der Waals surface area contributed by atoms with Crippen LogP contribution in [0.25, 0.3) is 0 Å². The van der Waals surface area contributed by atoms with Gasteiger partial charge in [-0.15, -0.1) is 0 Å². The van der Waals surface area contributed by atoms with Crippen molar-refractivity contribution in [3.63, 3.8) is 0 Å². The first-order chi connectivity index (χ1) is 11.0. The van der Waals surface area contributed by atoms with Gasteiger partial charge in [0.2, 0.25) is 5.91 Å². The molecule has 1 spiro atoms. The second-order valence-electron chi connectivity index (χ2n) is 5.33. The quantitative estimate of drug-likeness (QED) is 0.633. The van der Waals surface area contributed by atoms with Gasteiger partial charge in [0.05, 0.1) is 26.3 Å². The second kappa shape index (κ2) is 5.38. The summed E-state index contributed by atoms with van der Waals surface area (Å²) in [5, 5.41) is 3.86. The van der Waals surface area contributed by atoms with Crippen molar-refractivity contribution in [1.29, 1.82) is 0 Å². The lowest BCUT2D eigenvalue weighted by molar-refractivity contribution is -0.132. The first-order valence-corrected chi connectivity index (χ1v) is 6.94. The number of ether oxygens (including phenoxy) is 2. The minimum absolute atomic E-state index is 0.0186. The highest BCUT2D eigenvalue weighted by Gasteiger charge is 2.56. The molecule has 120 valence electrons. The van der Waals surface area contributed by atoms with Gasteiger partial charge in [-0.1, -0.05) is 6.07 Å². The number of amides is 2. The maximum atomic E-state index is 12.8. The molecule has 1 saturated heterocycles. The van der Waals surface area contributed by atoms with Crippen LogP contribution < -0.4 is 15.1 Å². The summed E-state index contributed by atoms with van der Waals surface area (Å²) in [4.78, 5) is 37.8. The van der Waals surface area contributed by atoms with Crippen LogP contribution in [0.4, 0.5) is 5.69 Å². The van der Waals surface area contributed by atoms with Crippen LogP contribution in [0.5, 0.6) is 5.75 Å². The fourth-order valence-electron chi connectivity index (χ4n) is 2.75. The van der Waals surface area contributed by atoms with E-state index in [0.29, 0.717) is 11.4 Å². The molecule has 0 aliphatic carbocycles. The highest BCUT2D eigenvalue weighted by atomic mass is 16.5. The molecule has 1 N–H and O–H groups in total. The number of anilines is 1. The summed E-state index contributed by atoms with van der Waals surface area (Å²) in [5.41, 5.74) is 1.95. The van der Waals surface area contributed by atoms with E-state index in [1.807, 2.05) is 0 Å². The third kappa shape index (κ3) is 2.32. The summed E-state index contributed by atoms with van der Waals surface area (Å²) in [6.45, 7) is 0. The van der Waals surface area contributed by atoms with E-state index in [-0.39, 0.29) is 24.5 Å². The Morgan fingerprint density at radius 1 is 1.30 bits per heavy atom. The molecule has 2 heterocycles. The minimum atomic E-state index is -1.22. The number of nitrogens with one attached hydrogen (secondary N) is 1. The summed E-state index contributed by atoms with van der Waals surface area (Å²) >= 11 is 0. The number of hydrogen-bond acceptors (Lipinski definition) is 7. The molecule has 2 aliphatic rings. The van der Waals surface area contributed by atoms with E-state index in [1.165, 1.54) is 14.2 Å². The average Bonchev–Trinajstić information content (AvgIpc) is 3.09. The number of benzene rings is 1. The molecule has 0 saturated carbocycles. The van der Waals surface area contributed by atoms with E-state index in [2.05, 4.69) is 15.3 Å². The molecule has 1 atom stereocenters. The normalized spacial score (nSPS) is 23.0. The van der Waals surface area contributed by atoms with Crippen LogP contribution in [-0.2, 0) is 19.1 Å². The molecule has 2 aliphatic heterocycles. The predicted octanol–water partition coefficient (Wildman–Crippen LogP) is 0.220. The van der Waals surface area contributed by atoms with E-state index in [4.69, 9.17) is 4.74 Å². The number of carbonyl (C=O) groups excluding carboxylic acids is 3. The van der Waals surface area contributed by atoms with Crippen LogP contribution in [0.15, 0.2) is 29.4 Å². The lowest BCUT2D eigenvalue weighted by Crippen LogP contribution is -2.47. The standard InChI is InChI=1S/C15H15N3O5/c1-22-10-5-3-4-9(6-10)18-12(19)8-15(14(18)21)7-11(16-17-15)13(20)23-2/h3-6,17H,7-8H2,1-2H3/t15-/m1/s1. The third-order valence-electron chi connectivity index (χ3n) is 3.92. The van der Waals surface area contributed by atoms with Crippen molar-refractivity contribution in [3.05, 3.63) is 24.3 Å². The van der Waals surface area contributed by atoms with Crippen molar-refractivity contribution in [2.75, 3.05) is 19.1 Å². The summed E-state index contributed by atoms with van der Waals surface area (Å²) in [6, 6.07) is 6.66. The minimum Gasteiger partial charge on any atom is -0.497 e. The van der Waals surface area contributed by atoms with Gasteiger partial charge in [-0.25, -0.2) is 9.69 Å². The number of carbonyl (C=O) groups is 3. The number of imide groups is 1. The molecule has 0 aromatic heterocycles. The van der Waals surface area contributed by atoms with E-state index in [9.17, 15) is 14.4 Å². The van der Waals surface area contributed by atoms with Gasteiger partial charge in [0.25, 0.3) is 5.91 Å². The first-order valence-electron chi connectivity index (χ1n) is 6.94. The highest BCUT2D eigenvalue weighted by molar-refractivity contribution is 6.39. The SMILES string of the molecule is COC(=O)C1=NN[C@@]2(CC(=O)N(c3cccc(OC)c3)C2=O)C1. The molecule has 8 nitrogen and oxygen atoms in total. The molecular weight excluding hydrogens is 302 g/mol. The lowest BCUT2D eigenvalue weighted by Gasteiger charge is -2.21. The monoisotopic (exact) mass is 317 g/mol. The van der Waals surface area contributed by atoms with E-state index < -0.39 is 17.4 Å². The third-order valence-corrected chi connectivity index (χ3v) is 3.92. The van der Waals surface area contributed by atoms with Crippen LogP contribution in [-0.4, -0.2) is 43.3 Å². The van der Waals surface area contributed by atoms with Crippen molar-refractivity contribution < 1.29 is 23.9 Å². The molecule has 8 heteroatoms. The smallest absolute Gasteiger partial charge is 0.354 e. The molecule has 1 aromatic rings. The lowest BCUT2D eigenvalue weighted by atomic mass is 9.93. The van der Waals surface area contributed by atoms with Gasteiger partial charge in [0.15, 0.2) is 0 Å². The van der Waals surface area contributed by atoms with Gasteiger partial charge < -0.3 is 9.47 Å². The zero-order valence-electron chi connectivity index (χ0n) is 12.7. The largest absolute Gasteiger partial charge is 0.497 e. The Kier molecular flexibility index (Phi) is 3.51. The van der Waals surface area contributed by atoms with Gasteiger partial charge in [0, 0.05) is 12.5 Å². The van der Waals surface area contributed by atoms with Crippen LogP contribution in [0.2, 0.25) is 0 Å². The Bertz CT molecular complexity index is 730. The van der Waals surface area contributed by atoms with E-state index in [0.717, 1.165) is 4.90 Å². The van der Waals surface area contributed by atoms with E-state index >= 15 is 0 Å². The number of nitrogens with zero attached hydrogens (tertiary/aromatic N) is 2. The molecule has 0 unspecified atom stereocenters. The number of esters is 1. The molecule has 23 heavy (non-hydrogen) atoms. The van der Waals surface area contributed by atoms with Crippen molar-refractivity contribution in [3.8, 4) is 5.75 Å². The van der Waals surface area contributed by atoms with Crippen LogP contribution >= 0.6 is 0 Å². The Hall–Kier alpha value is -2.90. The number of rotatable bonds is 3. The maximum absolute atomic E-state index is 12.8. The zero-order chi connectivity index (χ0) is 16.6. The fraction of sp³-hybridized carbons (Fsp3) is 0.333. The molecule has 1 fully saturated rings. The van der Waals surface area contributed by atoms with Gasteiger partial charge in [-0.2, -0.15) is 5.10 Å². The fourth-order valence-corrected chi connectivity index (χ4v) is 2.75. The van der Waals surface area contributed by atoms with Crippen LogP contribution in [0.1, 0.15) is 12.8 Å². The molecule has 1 aromatic carbocycles. The van der Waals surface area contributed by atoms with Crippen molar-refractivity contribution in [2.45, 2.75) is 18.4 Å². The van der Waals surface area contributed by atoms with Gasteiger partial charge in [0.1, 0.15) is 17.0 Å². The van der Waals surface area contributed by atoms with Gasteiger partial charge >= 0.3 is 5.97 Å². The summed E-state index contributed by atoms with van der Waals surface area (Å²) in [6.07, 6.45) is -0.0578. The predicted molar refractivity (Wildman–Crippen MR) is 80.0 cm³/mol. The number of methoxy groups -OCH3 is 2. The Labute approximate surface area is 132 Å². The molecule has 0 bridgehead atoms. The van der Waals surface area contributed by atoms with Crippen molar-refractivity contribution in [2.24, 2.45) is 5.10 Å². The number of hydrogen-bond donors (Lipinski definition) is 1. The summed E-state index contributed by atoms with van der Waals surface area (Å²) in [5.74, 6) is -0.889. The van der Waals surface area contributed by atoms with Crippen LogP contribution in [0, 0.1) is 0 Å². The van der Waals surface area contributed by atoms with Gasteiger partial charge in [-0.05, 0) is 12.1 Å². The Morgan fingerprint density at radius 3 is 2.78 bits per heavy atom. The molecule has 0 radical (unpaired) electrons. The average molecular weight is 317 g/mol. The van der Waals surface area contributed by atoms with Gasteiger partial charge in [-0.3, -0.25) is 15.0 Å². The molecular formula is C15H15N3O5. The highest BCUT2D eigenvalue weighted by Crippen LogP contribution is 2.35. The molecule has 3 rings (SSSR count).